The van der Waals surface area contributed by atoms with Gasteiger partial charge in [0.25, 0.3) is 5.69 Å². The molecule has 0 spiro atoms. The van der Waals surface area contributed by atoms with Crippen molar-refractivity contribution in [2.24, 2.45) is 0 Å². The van der Waals surface area contributed by atoms with Gasteiger partial charge in [-0.3, -0.25) is 19.7 Å². The van der Waals surface area contributed by atoms with Gasteiger partial charge in [0.1, 0.15) is 6.04 Å². The molecule has 7 nitrogen and oxygen atoms in total. The highest BCUT2D eigenvalue weighted by atomic mass is 35.5. The fourth-order valence-electron chi connectivity index (χ4n) is 3.77. The predicted molar refractivity (Wildman–Crippen MR) is 148 cm³/mol. The minimum atomic E-state index is -0.701. The first-order chi connectivity index (χ1) is 17.7. The minimum absolute atomic E-state index is 0.0267. The summed E-state index contributed by atoms with van der Waals surface area (Å²) in [7, 11) is 0. The molecule has 0 aromatic heterocycles. The highest BCUT2D eigenvalue weighted by Crippen LogP contribution is 2.21. The van der Waals surface area contributed by atoms with E-state index in [1.165, 1.54) is 23.9 Å². The fraction of sp³-hybridized carbons (Fsp3) is 0.286. The molecule has 1 atom stereocenters. The lowest BCUT2D eigenvalue weighted by Gasteiger charge is -2.32. The standard InChI is InChI=1S/C28H30ClN3O4S/c1-20(2)30-28(34)26(16-21-6-4-3-5-7-21)31(17-22-8-12-24(29)13-9-22)27(33)19-37-18-23-10-14-25(15-11-23)32(35)36/h3-15,20,26H,16-19H2,1-2H3,(H,30,34)/t26-/m0/s1. The summed E-state index contributed by atoms with van der Waals surface area (Å²) in [4.78, 5) is 39.0. The van der Waals surface area contributed by atoms with Crippen LogP contribution in [0.15, 0.2) is 78.9 Å². The third-order valence-electron chi connectivity index (χ3n) is 5.61. The van der Waals surface area contributed by atoms with Crippen LogP contribution in [0.1, 0.15) is 30.5 Å². The molecule has 2 amide bonds. The van der Waals surface area contributed by atoms with Crippen LogP contribution in [0.2, 0.25) is 5.02 Å². The van der Waals surface area contributed by atoms with Gasteiger partial charge in [-0.05, 0) is 42.7 Å². The highest BCUT2D eigenvalue weighted by Gasteiger charge is 2.30. The SMILES string of the molecule is CC(C)NC(=O)[C@H](Cc1ccccc1)N(Cc1ccc(Cl)cc1)C(=O)CSCc1ccc([N+](=O)[O-])cc1. The number of nitrogens with zero attached hydrogens (tertiary/aromatic N) is 2. The van der Waals surface area contributed by atoms with Crippen LogP contribution >= 0.6 is 23.4 Å². The maximum absolute atomic E-state index is 13.6. The number of carbonyl (C=O) groups excluding carboxylic acids is 2. The van der Waals surface area contributed by atoms with Crippen molar-refractivity contribution in [1.82, 2.24) is 10.2 Å². The van der Waals surface area contributed by atoms with Gasteiger partial charge in [-0.2, -0.15) is 0 Å². The smallest absolute Gasteiger partial charge is 0.269 e. The molecule has 3 aromatic carbocycles. The molecule has 0 unspecified atom stereocenters. The second-order valence-corrected chi connectivity index (χ2v) is 10.4. The van der Waals surface area contributed by atoms with Gasteiger partial charge < -0.3 is 10.2 Å². The van der Waals surface area contributed by atoms with Crippen molar-refractivity contribution in [3.8, 4) is 0 Å². The Hall–Kier alpha value is -3.36. The number of benzene rings is 3. The minimum Gasteiger partial charge on any atom is -0.352 e. The van der Waals surface area contributed by atoms with Crippen LogP contribution in [0, 0.1) is 10.1 Å². The average Bonchev–Trinajstić information content (AvgIpc) is 2.87. The number of rotatable bonds is 12. The van der Waals surface area contributed by atoms with Crippen molar-refractivity contribution in [3.63, 3.8) is 0 Å². The molecule has 194 valence electrons. The molecule has 0 aliphatic heterocycles. The summed E-state index contributed by atoms with van der Waals surface area (Å²) < 4.78 is 0. The van der Waals surface area contributed by atoms with Crippen LogP contribution in [0.5, 0.6) is 0 Å². The van der Waals surface area contributed by atoms with E-state index in [0.29, 0.717) is 17.2 Å². The van der Waals surface area contributed by atoms with Gasteiger partial charge in [0.15, 0.2) is 0 Å². The van der Waals surface area contributed by atoms with Crippen molar-refractivity contribution in [2.45, 2.75) is 44.6 Å². The van der Waals surface area contributed by atoms with E-state index in [9.17, 15) is 19.7 Å². The number of nitro benzene ring substituents is 1. The molecule has 9 heteroatoms. The zero-order valence-electron chi connectivity index (χ0n) is 20.8. The number of non-ortho nitro benzene ring substituents is 1. The number of hydrogen-bond acceptors (Lipinski definition) is 5. The van der Waals surface area contributed by atoms with Crippen LogP contribution in [-0.4, -0.2) is 39.5 Å². The molecule has 0 saturated heterocycles. The van der Waals surface area contributed by atoms with E-state index in [4.69, 9.17) is 11.6 Å². The van der Waals surface area contributed by atoms with Crippen LogP contribution in [-0.2, 0) is 28.3 Å². The lowest BCUT2D eigenvalue weighted by molar-refractivity contribution is -0.384. The summed E-state index contributed by atoms with van der Waals surface area (Å²) in [5.74, 6) is 0.300. The van der Waals surface area contributed by atoms with Gasteiger partial charge in [0.05, 0.1) is 10.7 Å². The normalized spacial score (nSPS) is 11.7. The van der Waals surface area contributed by atoms with E-state index < -0.39 is 11.0 Å². The summed E-state index contributed by atoms with van der Waals surface area (Å²) in [6.45, 7) is 4.04. The van der Waals surface area contributed by atoms with Crippen molar-refractivity contribution >= 4 is 40.9 Å². The fourth-order valence-corrected chi connectivity index (χ4v) is 4.77. The molecule has 0 bridgehead atoms. The van der Waals surface area contributed by atoms with Gasteiger partial charge in [-0.15, -0.1) is 11.8 Å². The number of nitrogens with one attached hydrogen (secondary N) is 1. The summed E-state index contributed by atoms with van der Waals surface area (Å²) in [5.41, 5.74) is 2.73. The van der Waals surface area contributed by atoms with Crippen molar-refractivity contribution in [1.29, 1.82) is 0 Å². The zero-order chi connectivity index (χ0) is 26.8. The number of hydrogen-bond donors (Lipinski definition) is 1. The molecule has 37 heavy (non-hydrogen) atoms. The maximum atomic E-state index is 13.6. The molecule has 0 aliphatic carbocycles. The van der Waals surface area contributed by atoms with Crippen LogP contribution in [0.25, 0.3) is 0 Å². The molecule has 1 N–H and O–H groups in total. The number of carbonyl (C=O) groups is 2. The van der Waals surface area contributed by atoms with E-state index in [1.807, 2.05) is 56.3 Å². The Labute approximate surface area is 226 Å². The zero-order valence-corrected chi connectivity index (χ0v) is 22.4. The second-order valence-electron chi connectivity index (χ2n) is 8.93. The highest BCUT2D eigenvalue weighted by molar-refractivity contribution is 7.99. The topological polar surface area (TPSA) is 92.6 Å². The lowest BCUT2D eigenvalue weighted by Crippen LogP contribution is -2.52. The first-order valence-corrected chi connectivity index (χ1v) is 13.5. The van der Waals surface area contributed by atoms with E-state index in [2.05, 4.69) is 5.32 Å². The first-order valence-electron chi connectivity index (χ1n) is 11.9. The van der Waals surface area contributed by atoms with Gasteiger partial charge in [-0.1, -0.05) is 66.2 Å². The van der Waals surface area contributed by atoms with Crippen LogP contribution < -0.4 is 5.32 Å². The summed E-state index contributed by atoms with van der Waals surface area (Å²) in [6, 6.07) is 22.4. The molecule has 3 aromatic rings. The van der Waals surface area contributed by atoms with E-state index in [1.54, 1.807) is 29.2 Å². The summed E-state index contributed by atoms with van der Waals surface area (Å²) in [6.07, 6.45) is 0.381. The van der Waals surface area contributed by atoms with Crippen molar-refractivity contribution < 1.29 is 14.5 Å². The molecule has 0 saturated carbocycles. The van der Waals surface area contributed by atoms with Gasteiger partial charge in [-0.25, -0.2) is 0 Å². The molecular weight excluding hydrogens is 510 g/mol. The molecule has 0 aliphatic rings. The van der Waals surface area contributed by atoms with E-state index >= 15 is 0 Å². The third kappa shape index (κ3) is 8.91. The van der Waals surface area contributed by atoms with Gasteiger partial charge >= 0.3 is 0 Å². The Morgan fingerprint density at radius 1 is 0.946 bits per heavy atom. The second kappa shape index (κ2) is 13.8. The molecular formula is C28H30ClN3O4S. The largest absolute Gasteiger partial charge is 0.352 e. The molecule has 3 rings (SSSR count). The maximum Gasteiger partial charge on any atom is 0.269 e. The Balaban J connectivity index is 1.81. The van der Waals surface area contributed by atoms with Crippen LogP contribution in [0.4, 0.5) is 5.69 Å². The monoisotopic (exact) mass is 539 g/mol. The van der Waals surface area contributed by atoms with E-state index in [0.717, 1.165) is 16.7 Å². The third-order valence-corrected chi connectivity index (χ3v) is 6.85. The van der Waals surface area contributed by atoms with Crippen molar-refractivity contribution in [2.75, 3.05) is 5.75 Å². The molecule has 0 heterocycles. The summed E-state index contributed by atoms with van der Waals surface area (Å²) in [5, 5.41) is 14.5. The quantitative estimate of drug-likeness (QED) is 0.237. The first kappa shape index (κ1) is 28.2. The Kier molecular flexibility index (Phi) is 10.5. The molecule has 0 fully saturated rings. The van der Waals surface area contributed by atoms with Gasteiger partial charge in [0.2, 0.25) is 11.8 Å². The number of thioether (sulfide) groups is 1. The van der Waals surface area contributed by atoms with E-state index in [-0.39, 0.29) is 35.8 Å². The number of halogens is 1. The van der Waals surface area contributed by atoms with Crippen molar-refractivity contribution in [3.05, 3.63) is 111 Å². The lowest BCUT2D eigenvalue weighted by atomic mass is 10.0. The van der Waals surface area contributed by atoms with Gasteiger partial charge in [0, 0.05) is 41.9 Å². The summed E-state index contributed by atoms with van der Waals surface area (Å²) >= 11 is 7.46. The molecule has 0 radical (unpaired) electrons. The Morgan fingerprint density at radius 3 is 2.16 bits per heavy atom. The predicted octanol–water partition coefficient (Wildman–Crippen LogP) is 5.65. The average molecular weight is 540 g/mol. The number of amides is 2. The number of nitro groups is 1. The Bertz CT molecular complexity index is 1190. The Morgan fingerprint density at radius 2 is 1.57 bits per heavy atom. The van der Waals surface area contributed by atoms with Crippen LogP contribution in [0.3, 0.4) is 0 Å².